The monoisotopic (exact) mass is 233 g/mol. The third-order valence-electron chi connectivity index (χ3n) is 1.82. The first-order valence-corrected chi connectivity index (χ1v) is 4.78. The molecule has 16 heavy (non-hydrogen) atoms. The molecule has 0 fully saturated rings. The minimum absolute atomic E-state index is 0.0130. The molecule has 0 amide bonds. The second kappa shape index (κ2) is 5.65. The number of nitrogens with one attached hydrogen (secondary N) is 1. The first kappa shape index (κ1) is 11.9. The molecule has 2 N–H and O–H groups in total. The van der Waals surface area contributed by atoms with Gasteiger partial charge in [0.1, 0.15) is 23.5 Å². The van der Waals surface area contributed by atoms with E-state index in [1.165, 1.54) is 12.1 Å². The van der Waals surface area contributed by atoms with Gasteiger partial charge in [-0.3, -0.25) is 0 Å². The standard InChI is InChI=1S/C11H8ClN3O/c12-9-2-1-3-10(16)11(9)15-5-4-8(6-13)7-14/h1-4,15-16H,5H2. The zero-order valence-electron chi connectivity index (χ0n) is 8.24. The SMILES string of the molecule is N#CC(C#N)=CCNc1c(O)cccc1Cl. The number of anilines is 1. The molecule has 0 spiro atoms. The van der Waals surface area contributed by atoms with Crippen molar-refractivity contribution in [3.05, 3.63) is 34.9 Å². The summed E-state index contributed by atoms with van der Waals surface area (Å²) < 4.78 is 0. The Morgan fingerprint density at radius 2 is 2.12 bits per heavy atom. The summed E-state index contributed by atoms with van der Waals surface area (Å²) in [6.45, 7) is 0.244. The molecule has 1 rings (SSSR count). The molecule has 1 aromatic rings. The number of benzene rings is 1. The van der Waals surface area contributed by atoms with E-state index in [-0.39, 0.29) is 17.9 Å². The van der Waals surface area contributed by atoms with Gasteiger partial charge >= 0.3 is 0 Å². The van der Waals surface area contributed by atoms with Crippen LogP contribution in [0.25, 0.3) is 0 Å². The largest absolute Gasteiger partial charge is 0.506 e. The van der Waals surface area contributed by atoms with Crippen molar-refractivity contribution in [3.63, 3.8) is 0 Å². The maximum Gasteiger partial charge on any atom is 0.140 e. The van der Waals surface area contributed by atoms with Gasteiger partial charge < -0.3 is 10.4 Å². The molecule has 0 heterocycles. The molecule has 0 saturated carbocycles. The van der Waals surface area contributed by atoms with E-state index < -0.39 is 0 Å². The summed E-state index contributed by atoms with van der Waals surface area (Å²) in [6.07, 6.45) is 1.42. The number of rotatable bonds is 3. The first-order chi connectivity index (χ1) is 7.69. The van der Waals surface area contributed by atoms with Gasteiger partial charge in [-0.2, -0.15) is 10.5 Å². The fraction of sp³-hybridized carbons (Fsp3) is 0.0909. The molecule has 0 aliphatic carbocycles. The number of allylic oxidation sites excluding steroid dienone is 1. The van der Waals surface area contributed by atoms with E-state index in [9.17, 15) is 5.11 Å². The summed E-state index contributed by atoms with van der Waals surface area (Å²) in [7, 11) is 0. The fourth-order valence-corrected chi connectivity index (χ4v) is 1.30. The molecule has 0 unspecified atom stereocenters. The van der Waals surface area contributed by atoms with E-state index in [1.54, 1.807) is 24.3 Å². The summed E-state index contributed by atoms with van der Waals surface area (Å²) in [5, 5.41) is 29.6. The van der Waals surface area contributed by atoms with Crippen LogP contribution in [0.2, 0.25) is 5.02 Å². The topological polar surface area (TPSA) is 79.8 Å². The quantitative estimate of drug-likeness (QED) is 0.621. The van der Waals surface area contributed by atoms with Crippen molar-refractivity contribution in [1.82, 2.24) is 0 Å². The van der Waals surface area contributed by atoms with Crippen molar-refractivity contribution >= 4 is 17.3 Å². The van der Waals surface area contributed by atoms with Gasteiger partial charge in [0.2, 0.25) is 0 Å². The van der Waals surface area contributed by atoms with Gasteiger partial charge in [-0.15, -0.1) is 0 Å². The van der Waals surface area contributed by atoms with Crippen LogP contribution < -0.4 is 5.32 Å². The van der Waals surface area contributed by atoms with E-state index in [0.717, 1.165) is 0 Å². The van der Waals surface area contributed by atoms with Crippen LogP contribution >= 0.6 is 11.6 Å². The molecule has 1 aromatic carbocycles. The Labute approximate surface area is 98.0 Å². The average molecular weight is 234 g/mol. The highest BCUT2D eigenvalue weighted by atomic mass is 35.5. The van der Waals surface area contributed by atoms with Crippen LogP contribution in [0.5, 0.6) is 5.75 Å². The van der Waals surface area contributed by atoms with Gasteiger partial charge in [0.05, 0.1) is 10.7 Å². The molecule has 0 aromatic heterocycles. The Bertz CT molecular complexity index is 461. The Hall–Kier alpha value is -2.17. The highest BCUT2D eigenvalue weighted by molar-refractivity contribution is 6.33. The molecular formula is C11H8ClN3O. The molecule has 80 valence electrons. The molecule has 0 aliphatic rings. The summed E-state index contributed by atoms with van der Waals surface area (Å²) in [4.78, 5) is 0. The molecule has 0 saturated heterocycles. The third kappa shape index (κ3) is 2.91. The Morgan fingerprint density at radius 1 is 1.44 bits per heavy atom. The lowest BCUT2D eigenvalue weighted by atomic mass is 10.2. The average Bonchev–Trinajstić information content (AvgIpc) is 2.28. The fourth-order valence-electron chi connectivity index (χ4n) is 1.06. The Balaban J connectivity index is 2.74. The minimum atomic E-state index is 0.0130. The van der Waals surface area contributed by atoms with E-state index in [2.05, 4.69) is 5.32 Å². The lowest BCUT2D eigenvalue weighted by Gasteiger charge is -2.07. The number of nitriles is 2. The minimum Gasteiger partial charge on any atom is -0.506 e. The van der Waals surface area contributed by atoms with Gasteiger partial charge in [-0.1, -0.05) is 17.7 Å². The van der Waals surface area contributed by atoms with Crippen LogP contribution in [0, 0.1) is 22.7 Å². The molecular weight excluding hydrogens is 226 g/mol. The number of aromatic hydroxyl groups is 1. The summed E-state index contributed by atoms with van der Waals surface area (Å²) in [6, 6.07) is 8.20. The van der Waals surface area contributed by atoms with Gasteiger partial charge in [0, 0.05) is 6.54 Å². The smallest absolute Gasteiger partial charge is 0.140 e. The molecule has 0 aliphatic heterocycles. The van der Waals surface area contributed by atoms with Crippen molar-refractivity contribution in [2.45, 2.75) is 0 Å². The number of halogens is 1. The number of hydrogen-bond acceptors (Lipinski definition) is 4. The van der Waals surface area contributed by atoms with Crippen LogP contribution in [-0.4, -0.2) is 11.7 Å². The van der Waals surface area contributed by atoms with Crippen LogP contribution in [0.15, 0.2) is 29.8 Å². The van der Waals surface area contributed by atoms with E-state index in [1.807, 2.05) is 0 Å². The zero-order chi connectivity index (χ0) is 12.0. The summed E-state index contributed by atoms with van der Waals surface area (Å²) in [5.74, 6) is 0.0244. The zero-order valence-corrected chi connectivity index (χ0v) is 8.99. The van der Waals surface area contributed by atoms with Crippen molar-refractivity contribution in [2.24, 2.45) is 0 Å². The van der Waals surface area contributed by atoms with Crippen LogP contribution in [0.4, 0.5) is 5.69 Å². The first-order valence-electron chi connectivity index (χ1n) is 4.40. The van der Waals surface area contributed by atoms with Crippen molar-refractivity contribution in [2.75, 3.05) is 11.9 Å². The normalized spacial score (nSPS) is 8.69. The van der Waals surface area contributed by atoms with Crippen LogP contribution in [-0.2, 0) is 0 Å². The molecule has 0 radical (unpaired) electrons. The summed E-state index contributed by atoms with van der Waals surface area (Å²) >= 11 is 5.84. The van der Waals surface area contributed by atoms with Crippen molar-refractivity contribution in [1.29, 1.82) is 10.5 Å². The second-order valence-corrected chi connectivity index (χ2v) is 3.26. The Morgan fingerprint density at radius 3 is 2.69 bits per heavy atom. The lowest BCUT2D eigenvalue weighted by molar-refractivity contribution is 0.477. The summed E-state index contributed by atoms with van der Waals surface area (Å²) in [5.41, 5.74) is 0.398. The van der Waals surface area contributed by atoms with Crippen molar-refractivity contribution in [3.8, 4) is 17.9 Å². The van der Waals surface area contributed by atoms with Gasteiger partial charge in [-0.25, -0.2) is 0 Å². The Kier molecular flexibility index (Phi) is 4.20. The second-order valence-electron chi connectivity index (χ2n) is 2.86. The van der Waals surface area contributed by atoms with E-state index in [0.29, 0.717) is 10.7 Å². The predicted octanol–water partition coefficient (Wildman–Crippen LogP) is 2.43. The van der Waals surface area contributed by atoms with Crippen LogP contribution in [0.3, 0.4) is 0 Å². The van der Waals surface area contributed by atoms with E-state index >= 15 is 0 Å². The maximum absolute atomic E-state index is 9.47. The number of nitrogens with zero attached hydrogens (tertiary/aromatic N) is 2. The number of phenols is 1. The number of hydrogen-bond donors (Lipinski definition) is 2. The van der Waals surface area contributed by atoms with E-state index in [4.69, 9.17) is 22.1 Å². The molecule has 0 bridgehead atoms. The third-order valence-corrected chi connectivity index (χ3v) is 2.13. The van der Waals surface area contributed by atoms with Gasteiger partial charge in [-0.05, 0) is 18.2 Å². The molecule has 5 heteroatoms. The predicted molar refractivity (Wildman–Crippen MR) is 60.9 cm³/mol. The lowest BCUT2D eigenvalue weighted by Crippen LogP contribution is -2.00. The van der Waals surface area contributed by atoms with Gasteiger partial charge in [0.25, 0.3) is 0 Å². The maximum atomic E-state index is 9.47. The number of para-hydroxylation sites is 1. The van der Waals surface area contributed by atoms with Crippen LogP contribution in [0.1, 0.15) is 0 Å². The van der Waals surface area contributed by atoms with Gasteiger partial charge in [0.15, 0.2) is 0 Å². The molecule has 0 atom stereocenters. The highest BCUT2D eigenvalue weighted by Crippen LogP contribution is 2.30. The molecule has 4 nitrogen and oxygen atoms in total. The number of phenolic OH excluding ortho intramolecular Hbond substituents is 1. The van der Waals surface area contributed by atoms with Crippen molar-refractivity contribution < 1.29 is 5.11 Å². The highest BCUT2D eigenvalue weighted by Gasteiger charge is 2.03.